The molecule has 0 radical (unpaired) electrons. The first kappa shape index (κ1) is 16.0. The number of benzene rings is 1. The Balaban J connectivity index is 2.09. The first-order chi connectivity index (χ1) is 10.0. The number of oxime groups is 1. The minimum absolute atomic E-state index is 0.185. The van der Waals surface area contributed by atoms with Gasteiger partial charge < -0.3 is 10.1 Å². The Kier molecular flexibility index (Phi) is 5.34. The van der Waals surface area contributed by atoms with E-state index in [-0.39, 0.29) is 5.82 Å². The lowest BCUT2D eigenvalue weighted by Gasteiger charge is -2.37. The van der Waals surface area contributed by atoms with Crippen LogP contribution in [0.15, 0.2) is 29.4 Å². The number of hydrogen-bond acceptors (Lipinski definition) is 3. The smallest absolute Gasteiger partial charge is 0.123 e. The van der Waals surface area contributed by atoms with Gasteiger partial charge in [0.15, 0.2) is 0 Å². The second-order valence-electron chi connectivity index (χ2n) is 6.31. The van der Waals surface area contributed by atoms with Crippen LogP contribution in [0.3, 0.4) is 0 Å². The maximum Gasteiger partial charge on any atom is 0.123 e. The zero-order chi connectivity index (χ0) is 15.4. The SMILES string of the molecule is CC(=NO)C1CCC(C(c2ccc(F)cc2)N(C)C)CC1. The van der Waals surface area contributed by atoms with Gasteiger partial charge in [0, 0.05) is 12.0 Å². The lowest BCUT2D eigenvalue weighted by molar-refractivity contribution is 0.161. The molecule has 2 rings (SSSR count). The minimum Gasteiger partial charge on any atom is -0.411 e. The molecule has 0 amide bonds. The van der Waals surface area contributed by atoms with Crippen LogP contribution in [0.4, 0.5) is 4.39 Å². The van der Waals surface area contributed by atoms with Crippen LogP contribution in [0.1, 0.15) is 44.2 Å². The predicted octanol–water partition coefficient (Wildman–Crippen LogP) is 4.08. The Bertz CT molecular complexity index is 476. The van der Waals surface area contributed by atoms with E-state index in [1.807, 2.05) is 19.1 Å². The molecular formula is C17H25FN2O. The molecule has 0 spiro atoms. The third-order valence-corrected chi connectivity index (χ3v) is 4.73. The van der Waals surface area contributed by atoms with Crippen molar-refractivity contribution in [3.63, 3.8) is 0 Å². The van der Waals surface area contributed by atoms with Gasteiger partial charge in [0.25, 0.3) is 0 Å². The molecule has 21 heavy (non-hydrogen) atoms. The second-order valence-corrected chi connectivity index (χ2v) is 6.31. The molecule has 0 heterocycles. The van der Waals surface area contributed by atoms with Crippen molar-refractivity contribution < 1.29 is 9.60 Å². The number of halogens is 1. The van der Waals surface area contributed by atoms with Crippen LogP contribution in [-0.2, 0) is 0 Å². The van der Waals surface area contributed by atoms with Crippen LogP contribution in [0.25, 0.3) is 0 Å². The predicted molar refractivity (Wildman–Crippen MR) is 83.2 cm³/mol. The van der Waals surface area contributed by atoms with Crippen LogP contribution in [0, 0.1) is 17.7 Å². The number of hydrogen-bond donors (Lipinski definition) is 1. The van der Waals surface area contributed by atoms with E-state index in [4.69, 9.17) is 5.21 Å². The van der Waals surface area contributed by atoms with E-state index in [2.05, 4.69) is 24.2 Å². The van der Waals surface area contributed by atoms with Crippen molar-refractivity contribution >= 4 is 5.71 Å². The van der Waals surface area contributed by atoms with E-state index >= 15 is 0 Å². The molecule has 116 valence electrons. The van der Waals surface area contributed by atoms with Crippen LogP contribution in [-0.4, -0.2) is 29.9 Å². The summed E-state index contributed by atoms with van der Waals surface area (Å²) in [5.74, 6) is 0.783. The van der Waals surface area contributed by atoms with E-state index in [0.29, 0.717) is 17.9 Å². The first-order valence-electron chi connectivity index (χ1n) is 7.63. The summed E-state index contributed by atoms with van der Waals surface area (Å²) in [5, 5.41) is 12.2. The van der Waals surface area contributed by atoms with Crippen LogP contribution in [0.2, 0.25) is 0 Å². The highest BCUT2D eigenvalue weighted by Gasteiger charge is 2.30. The number of nitrogens with zero attached hydrogens (tertiary/aromatic N) is 2. The maximum atomic E-state index is 13.1. The molecule has 1 N–H and O–H groups in total. The van der Waals surface area contributed by atoms with Gasteiger partial charge in [0.1, 0.15) is 5.82 Å². The van der Waals surface area contributed by atoms with Gasteiger partial charge in [-0.15, -0.1) is 0 Å². The largest absolute Gasteiger partial charge is 0.411 e. The van der Waals surface area contributed by atoms with Gasteiger partial charge in [0.2, 0.25) is 0 Å². The van der Waals surface area contributed by atoms with Crippen molar-refractivity contribution in [2.75, 3.05) is 14.1 Å². The van der Waals surface area contributed by atoms with Gasteiger partial charge in [0.05, 0.1) is 5.71 Å². The molecule has 1 aliphatic carbocycles. The van der Waals surface area contributed by atoms with Crippen LogP contribution >= 0.6 is 0 Å². The van der Waals surface area contributed by atoms with Gasteiger partial charge in [-0.1, -0.05) is 17.3 Å². The van der Waals surface area contributed by atoms with Crippen LogP contribution < -0.4 is 0 Å². The zero-order valence-electron chi connectivity index (χ0n) is 13.1. The Labute approximate surface area is 126 Å². The normalized spacial score (nSPS) is 25.1. The molecule has 0 aliphatic heterocycles. The highest BCUT2D eigenvalue weighted by atomic mass is 19.1. The zero-order valence-corrected chi connectivity index (χ0v) is 13.1. The molecule has 1 atom stereocenters. The molecule has 1 fully saturated rings. The summed E-state index contributed by atoms with van der Waals surface area (Å²) in [6, 6.07) is 7.19. The third kappa shape index (κ3) is 3.82. The number of rotatable bonds is 4. The second kappa shape index (κ2) is 7.03. The Morgan fingerprint density at radius 2 is 1.76 bits per heavy atom. The van der Waals surface area contributed by atoms with Crippen molar-refractivity contribution in [2.24, 2.45) is 17.0 Å². The molecule has 1 unspecified atom stereocenters. The van der Waals surface area contributed by atoms with Crippen molar-refractivity contribution in [3.05, 3.63) is 35.6 Å². The fourth-order valence-corrected chi connectivity index (χ4v) is 3.59. The highest BCUT2D eigenvalue weighted by Crippen LogP contribution is 2.39. The Hall–Kier alpha value is -1.42. The molecule has 0 bridgehead atoms. The molecule has 1 aromatic rings. The molecule has 4 heteroatoms. The van der Waals surface area contributed by atoms with Crippen molar-refractivity contribution in [1.29, 1.82) is 0 Å². The topological polar surface area (TPSA) is 35.8 Å². The monoisotopic (exact) mass is 292 g/mol. The van der Waals surface area contributed by atoms with E-state index in [9.17, 15) is 4.39 Å². The maximum absolute atomic E-state index is 13.1. The fourth-order valence-electron chi connectivity index (χ4n) is 3.59. The summed E-state index contributed by atoms with van der Waals surface area (Å²) in [5.41, 5.74) is 2.02. The molecule has 1 aliphatic rings. The average molecular weight is 292 g/mol. The molecule has 0 saturated heterocycles. The van der Waals surface area contributed by atoms with Gasteiger partial charge in [-0.3, -0.25) is 0 Å². The average Bonchev–Trinajstić information content (AvgIpc) is 2.49. The summed E-state index contributed by atoms with van der Waals surface area (Å²) in [6.07, 6.45) is 4.34. The third-order valence-electron chi connectivity index (χ3n) is 4.73. The Morgan fingerprint density at radius 1 is 1.19 bits per heavy atom. The molecular weight excluding hydrogens is 267 g/mol. The summed E-state index contributed by atoms with van der Waals surface area (Å²) in [4.78, 5) is 2.23. The summed E-state index contributed by atoms with van der Waals surface area (Å²) >= 11 is 0. The van der Waals surface area contributed by atoms with E-state index in [1.165, 1.54) is 5.56 Å². The molecule has 0 aromatic heterocycles. The van der Waals surface area contributed by atoms with Crippen molar-refractivity contribution in [2.45, 2.75) is 38.6 Å². The molecule has 1 saturated carbocycles. The minimum atomic E-state index is -0.185. The standard InChI is InChI=1S/C17H25FN2O/c1-12(19-21)13-4-6-14(7-5-13)17(20(2)3)15-8-10-16(18)11-9-15/h8-11,13-14,17,21H,4-7H2,1-3H3. The fraction of sp³-hybridized carbons (Fsp3) is 0.588. The summed E-state index contributed by atoms with van der Waals surface area (Å²) in [7, 11) is 4.17. The van der Waals surface area contributed by atoms with Gasteiger partial charge in [-0.2, -0.15) is 0 Å². The van der Waals surface area contributed by atoms with Gasteiger partial charge >= 0.3 is 0 Å². The van der Waals surface area contributed by atoms with E-state index in [0.717, 1.165) is 31.4 Å². The summed E-state index contributed by atoms with van der Waals surface area (Å²) in [6.45, 7) is 1.90. The van der Waals surface area contributed by atoms with Crippen LogP contribution in [0.5, 0.6) is 0 Å². The Morgan fingerprint density at radius 3 is 2.24 bits per heavy atom. The first-order valence-corrected chi connectivity index (χ1v) is 7.63. The lowest BCUT2D eigenvalue weighted by atomic mass is 9.75. The van der Waals surface area contributed by atoms with Gasteiger partial charge in [-0.25, -0.2) is 4.39 Å². The quantitative estimate of drug-likeness (QED) is 0.515. The van der Waals surface area contributed by atoms with E-state index < -0.39 is 0 Å². The highest BCUT2D eigenvalue weighted by molar-refractivity contribution is 5.83. The summed E-state index contributed by atoms with van der Waals surface area (Å²) < 4.78 is 13.1. The molecule has 3 nitrogen and oxygen atoms in total. The molecule has 1 aromatic carbocycles. The van der Waals surface area contributed by atoms with Gasteiger partial charge in [-0.05, 0) is 70.3 Å². The lowest BCUT2D eigenvalue weighted by Crippen LogP contribution is -2.31. The van der Waals surface area contributed by atoms with E-state index in [1.54, 1.807) is 12.1 Å². The van der Waals surface area contributed by atoms with Crippen molar-refractivity contribution in [1.82, 2.24) is 4.90 Å². The van der Waals surface area contributed by atoms with Crippen molar-refractivity contribution in [3.8, 4) is 0 Å².